The van der Waals surface area contributed by atoms with Crippen molar-refractivity contribution in [1.29, 1.82) is 0 Å². The zero-order valence-corrected chi connectivity index (χ0v) is 16.6. The third-order valence-electron chi connectivity index (χ3n) is 5.92. The molecule has 0 amide bonds. The molecule has 26 heavy (non-hydrogen) atoms. The van der Waals surface area contributed by atoms with E-state index in [0.29, 0.717) is 17.2 Å². The topological polar surface area (TPSA) is 60.8 Å². The van der Waals surface area contributed by atoms with Crippen LogP contribution in [0.15, 0.2) is 48.5 Å². The highest BCUT2D eigenvalue weighted by atomic mass is 127. The fraction of sp³-hybridized carbons (Fsp3) is 0.381. The molecule has 136 valence electrons. The first-order valence-electron chi connectivity index (χ1n) is 9.05. The standard InChI is InChI=1S/C21H22INO3/c22-18-7-6-16(21(26,20(24)25)15-4-2-1-3-5-15)13-17(18)19-12-14-8-10-23(19)11-9-14/h1-7,13-14,19,26H,8-12H2,(H,24,25)/t19-,21+/m0/s1. The van der Waals surface area contributed by atoms with E-state index in [1.807, 2.05) is 18.2 Å². The van der Waals surface area contributed by atoms with Gasteiger partial charge in [0.2, 0.25) is 5.60 Å². The highest BCUT2D eigenvalue weighted by molar-refractivity contribution is 14.1. The summed E-state index contributed by atoms with van der Waals surface area (Å²) in [7, 11) is 0. The first-order chi connectivity index (χ1) is 12.5. The quantitative estimate of drug-likeness (QED) is 0.678. The van der Waals surface area contributed by atoms with Gasteiger partial charge in [0, 0.05) is 9.61 Å². The van der Waals surface area contributed by atoms with E-state index in [2.05, 4.69) is 27.5 Å². The second-order valence-electron chi connectivity index (χ2n) is 7.35. The Kier molecular flexibility index (Phi) is 4.79. The van der Waals surface area contributed by atoms with Gasteiger partial charge in [0.15, 0.2) is 0 Å². The van der Waals surface area contributed by atoms with Crippen LogP contribution in [-0.4, -0.2) is 34.2 Å². The fourth-order valence-corrected chi connectivity index (χ4v) is 5.10. The Morgan fingerprint density at radius 1 is 1.08 bits per heavy atom. The molecule has 5 rings (SSSR count). The fourth-order valence-electron chi connectivity index (χ4n) is 4.41. The predicted octanol–water partition coefficient (Wildman–Crippen LogP) is 3.77. The number of nitrogens with zero attached hydrogens (tertiary/aromatic N) is 1. The van der Waals surface area contributed by atoms with Crippen LogP contribution >= 0.6 is 22.6 Å². The van der Waals surface area contributed by atoms with Crippen LogP contribution < -0.4 is 0 Å². The molecule has 3 heterocycles. The number of fused-ring (bicyclic) bond motifs is 3. The molecule has 2 N–H and O–H groups in total. The first-order valence-corrected chi connectivity index (χ1v) is 10.1. The summed E-state index contributed by atoms with van der Waals surface area (Å²) in [4.78, 5) is 14.6. The molecule has 5 heteroatoms. The van der Waals surface area contributed by atoms with Gasteiger partial charge in [-0.1, -0.05) is 36.4 Å². The summed E-state index contributed by atoms with van der Waals surface area (Å²) >= 11 is 2.33. The molecule has 0 aromatic heterocycles. The Labute approximate surface area is 167 Å². The number of carboxylic acids is 1. The van der Waals surface area contributed by atoms with Crippen LogP contribution in [0.5, 0.6) is 0 Å². The molecule has 2 aromatic carbocycles. The number of aliphatic carboxylic acids is 1. The van der Waals surface area contributed by atoms with Crippen LogP contribution in [-0.2, 0) is 10.4 Å². The van der Waals surface area contributed by atoms with Crippen LogP contribution in [0.3, 0.4) is 0 Å². The summed E-state index contributed by atoms with van der Waals surface area (Å²) in [5, 5.41) is 21.0. The Morgan fingerprint density at radius 3 is 2.35 bits per heavy atom. The molecule has 3 saturated heterocycles. The summed E-state index contributed by atoms with van der Waals surface area (Å²) < 4.78 is 1.13. The largest absolute Gasteiger partial charge is 0.479 e. The average molecular weight is 463 g/mol. The van der Waals surface area contributed by atoms with Crippen molar-refractivity contribution < 1.29 is 15.0 Å². The lowest BCUT2D eigenvalue weighted by atomic mass is 9.79. The number of hydrogen-bond donors (Lipinski definition) is 2. The van der Waals surface area contributed by atoms with Gasteiger partial charge in [-0.3, -0.25) is 4.90 Å². The Bertz CT molecular complexity index is 817. The highest BCUT2D eigenvalue weighted by Crippen LogP contribution is 2.43. The number of aliphatic hydroxyl groups is 1. The first kappa shape index (κ1) is 17.9. The van der Waals surface area contributed by atoms with Gasteiger partial charge >= 0.3 is 5.97 Å². The van der Waals surface area contributed by atoms with E-state index in [-0.39, 0.29) is 0 Å². The molecule has 2 aromatic rings. The molecule has 0 radical (unpaired) electrons. The van der Waals surface area contributed by atoms with E-state index in [4.69, 9.17) is 0 Å². The predicted molar refractivity (Wildman–Crippen MR) is 108 cm³/mol. The molecule has 3 fully saturated rings. The van der Waals surface area contributed by atoms with E-state index in [1.165, 1.54) is 12.8 Å². The van der Waals surface area contributed by atoms with Crippen molar-refractivity contribution in [3.8, 4) is 0 Å². The van der Waals surface area contributed by atoms with Crippen molar-refractivity contribution >= 4 is 28.6 Å². The summed E-state index contributed by atoms with van der Waals surface area (Å²) in [5.41, 5.74) is -0.0916. The van der Waals surface area contributed by atoms with Gasteiger partial charge < -0.3 is 10.2 Å². The van der Waals surface area contributed by atoms with Crippen molar-refractivity contribution in [3.63, 3.8) is 0 Å². The van der Waals surface area contributed by atoms with Crippen molar-refractivity contribution in [2.75, 3.05) is 13.1 Å². The Hall–Kier alpha value is -1.44. The number of halogens is 1. The molecule has 0 aliphatic carbocycles. The average Bonchev–Trinajstić information content (AvgIpc) is 2.69. The van der Waals surface area contributed by atoms with Gasteiger partial charge in [-0.25, -0.2) is 4.79 Å². The molecule has 4 nitrogen and oxygen atoms in total. The highest BCUT2D eigenvalue weighted by Gasteiger charge is 2.41. The molecule has 2 atom stereocenters. The zero-order valence-electron chi connectivity index (χ0n) is 14.4. The second kappa shape index (κ2) is 6.94. The van der Waals surface area contributed by atoms with Crippen molar-refractivity contribution in [2.45, 2.75) is 30.9 Å². The monoisotopic (exact) mass is 463 g/mol. The van der Waals surface area contributed by atoms with Crippen LogP contribution in [0.25, 0.3) is 0 Å². The van der Waals surface area contributed by atoms with Gasteiger partial charge in [0.05, 0.1) is 0 Å². The van der Waals surface area contributed by atoms with Crippen LogP contribution in [0.2, 0.25) is 0 Å². The molecular formula is C21H22INO3. The maximum Gasteiger partial charge on any atom is 0.345 e. The number of carboxylic acid groups (broad SMARTS) is 1. The maximum atomic E-state index is 12.1. The van der Waals surface area contributed by atoms with Crippen LogP contribution in [0.1, 0.15) is 42.0 Å². The SMILES string of the molecule is O=C(O)[C@@](O)(c1ccccc1)c1ccc(I)c([C@@H]2CC3CCN2CC3)c1. The molecule has 2 bridgehead atoms. The van der Waals surface area contributed by atoms with Crippen molar-refractivity contribution in [3.05, 3.63) is 68.8 Å². The summed E-state index contributed by atoms with van der Waals surface area (Å²) in [6.07, 6.45) is 3.64. The van der Waals surface area contributed by atoms with E-state index in [9.17, 15) is 15.0 Å². The normalized spacial score (nSPS) is 27.1. The summed E-state index contributed by atoms with van der Waals surface area (Å²) in [6, 6.07) is 14.6. The maximum absolute atomic E-state index is 12.1. The van der Waals surface area contributed by atoms with E-state index < -0.39 is 11.6 Å². The smallest absolute Gasteiger partial charge is 0.345 e. The van der Waals surface area contributed by atoms with E-state index in [1.54, 1.807) is 30.3 Å². The molecule has 3 aliphatic heterocycles. The van der Waals surface area contributed by atoms with Gasteiger partial charge in [0.25, 0.3) is 0 Å². The Balaban J connectivity index is 1.79. The van der Waals surface area contributed by atoms with E-state index >= 15 is 0 Å². The second-order valence-corrected chi connectivity index (χ2v) is 8.51. The van der Waals surface area contributed by atoms with Gasteiger partial charge in [-0.05, 0) is 89.7 Å². The van der Waals surface area contributed by atoms with Crippen molar-refractivity contribution in [1.82, 2.24) is 4.90 Å². The lowest BCUT2D eigenvalue weighted by Crippen LogP contribution is -2.44. The minimum Gasteiger partial charge on any atom is -0.479 e. The molecule has 3 aliphatic rings. The minimum atomic E-state index is -2.04. The molecule has 0 saturated carbocycles. The lowest BCUT2D eigenvalue weighted by Gasteiger charge is -2.46. The molecule has 0 spiro atoms. The van der Waals surface area contributed by atoms with Gasteiger partial charge in [0.1, 0.15) is 0 Å². The minimum absolute atomic E-state index is 0.322. The van der Waals surface area contributed by atoms with E-state index in [0.717, 1.165) is 34.6 Å². The summed E-state index contributed by atoms with van der Waals surface area (Å²) in [6.45, 7) is 2.22. The van der Waals surface area contributed by atoms with Crippen LogP contribution in [0, 0.1) is 9.49 Å². The number of carbonyl (C=O) groups is 1. The van der Waals surface area contributed by atoms with Gasteiger partial charge in [-0.2, -0.15) is 0 Å². The summed E-state index contributed by atoms with van der Waals surface area (Å²) in [5.74, 6) is -0.488. The number of benzene rings is 2. The number of hydrogen-bond acceptors (Lipinski definition) is 3. The Morgan fingerprint density at radius 2 is 1.77 bits per heavy atom. The third-order valence-corrected chi connectivity index (χ3v) is 6.90. The zero-order chi connectivity index (χ0) is 18.3. The molecular weight excluding hydrogens is 441 g/mol. The lowest BCUT2D eigenvalue weighted by molar-refractivity contribution is -0.155. The number of piperidine rings is 3. The van der Waals surface area contributed by atoms with Crippen LogP contribution in [0.4, 0.5) is 0 Å². The number of rotatable bonds is 4. The van der Waals surface area contributed by atoms with Crippen molar-refractivity contribution in [2.24, 2.45) is 5.92 Å². The molecule has 0 unspecified atom stereocenters. The third kappa shape index (κ3) is 2.96. The van der Waals surface area contributed by atoms with Gasteiger partial charge in [-0.15, -0.1) is 0 Å².